The fourth-order valence-corrected chi connectivity index (χ4v) is 4.68. The summed E-state index contributed by atoms with van der Waals surface area (Å²) < 4.78 is 0. The minimum atomic E-state index is 0.234. The second-order valence-corrected chi connectivity index (χ2v) is 7.72. The molecule has 4 nitrogen and oxygen atoms in total. The van der Waals surface area contributed by atoms with E-state index in [1.165, 1.54) is 18.4 Å². The molecule has 0 bridgehead atoms. The lowest BCUT2D eigenvalue weighted by Crippen LogP contribution is -2.35. The van der Waals surface area contributed by atoms with Crippen molar-refractivity contribution >= 4 is 33.7 Å². The first-order chi connectivity index (χ1) is 10.8. The fourth-order valence-electron chi connectivity index (χ4n) is 3.04. The molecule has 2 aromatic heterocycles. The molecular formula is C16H19N3OS2. The summed E-state index contributed by atoms with van der Waals surface area (Å²) in [7, 11) is 0. The Bertz CT molecular complexity index is 648. The Morgan fingerprint density at radius 3 is 2.82 bits per heavy atom. The van der Waals surface area contributed by atoms with Crippen molar-refractivity contribution in [3.8, 4) is 0 Å². The molecule has 3 heterocycles. The number of thiazole rings is 1. The van der Waals surface area contributed by atoms with E-state index >= 15 is 0 Å². The molecule has 1 aliphatic heterocycles. The largest absolute Gasteiger partial charge is 0.346 e. The molecule has 2 fully saturated rings. The third-order valence-corrected chi connectivity index (χ3v) is 6.13. The van der Waals surface area contributed by atoms with Crippen molar-refractivity contribution in [2.75, 3.05) is 31.1 Å². The Hall–Kier alpha value is -1.40. The molecule has 1 amide bonds. The van der Waals surface area contributed by atoms with E-state index in [9.17, 15) is 4.79 Å². The normalized spacial score (nSPS) is 19.3. The van der Waals surface area contributed by atoms with E-state index in [4.69, 9.17) is 0 Å². The van der Waals surface area contributed by atoms with Gasteiger partial charge in [0.1, 0.15) is 0 Å². The topological polar surface area (TPSA) is 36.4 Å². The fraction of sp³-hybridized carbons (Fsp3) is 0.500. The average molecular weight is 333 g/mol. The number of anilines is 1. The van der Waals surface area contributed by atoms with Crippen LogP contribution in [-0.2, 0) is 0 Å². The van der Waals surface area contributed by atoms with E-state index in [1.807, 2.05) is 16.5 Å². The zero-order valence-corrected chi connectivity index (χ0v) is 14.0. The maximum atomic E-state index is 12.9. The monoisotopic (exact) mass is 333 g/mol. The van der Waals surface area contributed by atoms with Crippen LogP contribution in [0, 0.1) is 0 Å². The van der Waals surface area contributed by atoms with Crippen LogP contribution in [0.25, 0.3) is 0 Å². The Balaban J connectivity index is 1.46. The van der Waals surface area contributed by atoms with Crippen LogP contribution in [0.5, 0.6) is 0 Å². The SMILES string of the molecule is O=C(c1sccc1C1CC1)N1CCCN(c2nccs2)CC1. The molecule has 4 rings (SSSR count). The zero-order valence-electron chi connectivity index (χ0n) is 12.4. The molecule has 2 aliphatic rings. The molecule has 1 saturated heterocycles. The summed E-state index contributed by atoms with van der Waals surface area (Å²) in [6.45, 7) is 3.50. The van der Waals surface area contributed by atoms with Crippen molar-refractivity contribution in [3.05, 3.63) is 33.5 Å². The minimum absolute atomic E-state index is 0.234. The van der Waals surface area contributed by atoms with Crippen molar-refractivity contribution in [2.45, 2.75) is 25.2 Å². The van der Waals surface area contributed by atoms with Crippen molar-refractivity contribution in [3.63, 3.8) is 0 Å². The molecule has 1 aliphatic carbocycles. The summed E-state index contributed by atoms with van der Waals surface area (Å²) in [5.41, 5.74) is 1.29. The first-order valence-corrected chi connectivity index (χ1v) is 9.60. The maximum Gasteiger partial charge on any atom is 0.264 e. The molecule has 6 heteroatoms. The highest BCUT2D eigenvalue weighted by Crippen LogP contribution is 2.43. The highest BCUT2D eigenvalue weighted by atomic mass is 32.1. The lowest BCUT2D eigenvalue weighted by Gasteiger charge is -2.21. The van der Waals surface area contributed by atoms with Gasteiger partial charge in [-0.3, -0.25) is 4.79 Å². The minimum Gasteiger partial charge on any atom is -0.346 e. The van der Waals surface area contributed by atoms with Crippen LogP contribution in [0.2, 0.25) is 0 Å². The Morgan fingerprint density at radius 2 is 2.05 bits per heavy atom. The van der Waals surface area contributed by atoms with E-state index in [-0.39, 0.29) is 5.91 Å². The quantitative estimate of drug-likeness (QED) is 0.863. The number of aromatic nitrogens is 1. The van der Waals surface area contributed by atoms with Gasteiger partial charge in [-0.1, -0.05) is 0 Å². The van der Waals surface area contributed by atoms with Gasteiger partial charge in [0.15, 0.2) is 5.13 Å². The van der Waals surface area contributed by atoms with Crippen LogP contribution in [0.3, 0.4) is 0 Å². The first-order valence-electron chi connectivity index (χ1n) is 7.84. The number of carbonyl (C=O) groups excluding carboxylic acids is 1. The molecule has 0 spiro atoms. The average Bonchev–Trinajstić information content (AvgIpc) is 3.10. The van der Waals surface area contributed by atoms with Crippen LogP contribution < -0.4 is 4.90 Å². The summed E-state index contributed by atoms with van der Waals surface area (Å²) in [6.07, 6.45) is 5.35. The van der Waals surface area contributed by atoms with Crippen LogP contribution in [0.4, 0.5) is 5.13 Å². The van der Waals surface area contributed by atoms with E-state index in [1.54, 1.807) is 22.7 Å². The van der Waals surface area contributed by atoms with Crippen LogP contribution in [0.15, 0.2) is 23.0 Å². The van der Waals surface area contributed by atoms with Gasteiger partial charge in [0.05, 0.1) is 4.88 Å². The molecule has 0 unspecified atom stereocenters. The third-order valence-electron chi connectivity index (χ3n) is 4.38. The number of hydrogen-bond donors (Lipinski definition) is 0. The number of hydrogen-bond acceptors (Lipinski definition) is 5. The third kappa shape index (κ3) is 2.77. The number of thiophene rings is 1. The van der Waals surface area contributed by atoms with Crippen molar-refractivity contribution < 1.29 is 4.79 Å². The number of carbonyl (C=O) groups is 1. The summed E-state index contributed by atoms with van der Waals surface area (Å²) in [5, 5.41) is 5.15. The smallest absolute Gasteiger partial charge is 0.264 e. The highest BCUT2D eigenvalue weighted by Gasteiger charge is 2.31. The van der Waals surface area contributed by atoms with E-state index < -0.39 is 0 Å². The molecule has 0 N–H and O–H groups in total. The zero-order chi connectivity index (χ0) is 14.9. The number of amides is 1. The molecule has 116 valence electrons. The van der Waals surface area contributed by atoms with Gasteiger partial charge in [0.25, 0.3) is 5.91 Å². The predicted molar refractivity (Wildman–Crippen MR) is 91.1 cm³/mol. The van der Waals surface area contributed by atoms with Gasteiger partial charge >= 0.3 is 0 Å². The second-order valence-electron chi connectivity index (χ2n) is 5.93. The molecule has 1 saturated carbocycles. The predicted octanol–water partition coefficient (Wildman–Crippen LogP) is 3.43. The van der Waals surface area contributed by atoms with E-state index in [0.717, 1.165) is 42.6 Å². The van der Waals surface area contributed by atoms with Gasteiger partial charge in [0.2, 0.25) is 0 Å². The van der Waals surface area contributed by atoms with Gasteiger partial charge in [-0.05, 0) is 42.2 Å². The van der Waals surface area contributed by atoms with Crippen LogP contribution >= 0.6 is 22.7 Å². The summed E-state index contributed by atoms with van der Waals surface area (Å²) in [5.74, 6) is 0.877. The molecule has 0 radical (unpaired) electrons. The van der Waals surface area contributed by atoms with Crippen molar-refractivity contribution in [1.29, 1.82) is 0 Å². The van der Waals surface area contributed by atoms with Crippen LogP contribution in [-0.4, -0.2) is 42.0 Å². The van der Waals surface area contributed by atoms with Crippen LogP contribution in [0.1, 0.15) is 40.4 Å². The summed E-state index contributed by atoms with van der Waals surface area (Å²) in [4.78, 5) is 22.6. The lowest BCUT2D eigenvalue weighted by atomic mass is 10.1. The highest BCUT2D eigenvalue weighted by molar-refractivity contribution is 7.13. The Morgan fingerprint density at radius 1 is 1.14 bits per heavy atom. The van der Waals surface area contributed by atoms with Gasteiger partial charge in [-0.25, -0.2) is 4.98 Å². The second kappa shape index (κ2) is 6.01. The number of nitrogens with zero attached hydrogens (tertiary/aromatic N) is 3. The van der Waals surface area contributed by atoms with Crippen molar-refractivity contribution in [1.82, 2.24) is 9.88 Å². The lowest BCUT2D eigenvalue weighted by molar-refractivity contribution is 0.0771. The van der Waals surface area contributed by atoms with Gasteiger partial charge in [0, 0.05) is 37.8 Å². The number of rotatable bonds is 3. The molecular weight excluding hydrogens is 314 g/mol. The summed E-state index contributed by atoms with van der Waals surface area (Å²) in [6, 6.07) is 2.15. The molecule has 22 heavy (non-hydrogen) atoms. The first kappa shape index (κ1) is 14.2. The van der Waals surface area contributed by atoms with E-state index in [0.29, 0.717) is 5.92 Å². The standard InChI is InChI=1S/C16H19N3OS2/c20-15(14-13(4-10-21-14)12-2-3-12)18-6-1-7-19(9-8-18)16-17-5-11-22-16/h4-5,10-12H,1-3,6-9H2. The van der Waals surface area contributed by atoms with Gasteiger partial charge in [-0.15, -0.1) is 22.7 Å². The molecule has 0 aromatic carbocycles. The van der Waals surface area contributed by atoms with Crippen molar-refractivity contribution in [2.24, 2.45) is 0 Å². The maximum absolute atomic E-state index is 12.9. The van der Waals surface area contributed by atoms with Gasteiger partial charge in [-0.2, -0.15) is 0 Å². The van der Waals surface area contributed by atoms with Gasteiger partial charge < -0.3 is 9.80 Å². The van der Waals surface area contributed by atoms with E-state index in [2.05, 4.69) is 21.3 Å². The molecule has 0 atom stereocenters. The Labute approximate surface area is 138 Å². The summed E-state index contributed by atoms with van der Waals surface area (Å²) >= 11 is 3.28. The Kier molecular flexibility index (Phi) is 3.88. The molecule has 2 aromatic rings.